The van der Waals surface area contributed by atoms with Crippen LogP contribution in [-0.2, 0) is 19.5 Å². The summed E-state index contributed by atoms with van der Waals surface area (Å²) in [6, 6.07) is 6.27. The molecule has 0 aliphatic rings. The Kier molecular flexibility index (Phi) is 7.84. The highest BCUT2D eigenvalue weighted by Crippen LogP contribution is 2.25. The average molecular weight is 387 g/mol. The summed E-state index contributed by atoms with van der Waals surface area (Å²) in [5, 5.41) is 14.8. The van der Waals surface area contributed by atoms with Crippen LogP contribution in [0.15, 0.2) is 29.5 Å². The van der Waals surface area contributed by atoms with Crippen molar-refractivity contribution in [3.8, 4) is 5.75 Å². The SMILES string of the molecule is CCNC(=NCc1ccc(C)cc1OC(C)(C)C)NCCn1cnnc1CC. The number of nitrogens with one attached hydrogen (secondary N) is 2. The third-order valence-corrected chi connectivity index (χ3v) is 4.05. The molecule has 0 aliphatic heterocycles. The summed E-state index contributed by atoms with van der Waals surface area (Å²) >= 11 is 0. The van der Waals surface area contributed by atoms with Crippen LogP contribution in [0.1, 0.15) is 51.6 Å². The molecule has 2 rings (SSSR count). The third kappa shape index (κ3) is 6.87. The largest absolute Gasteiger partial charge is 0.488 e. The first-order valence-electron chi connectivity index (χ1n) is 9.99. The van der Waals surface area contributed by atoms with Gasteiger partial charge in [0.1, 0.15) is 23.5 Å². The molecule has 0 atom stereocenters. The number of guanidine groups is 1. The van der Waals surface area contributed by atoms with Crippen molar-refractivity contribution in [3.05, 3.63) is 41.5 Å². The molecule has 2 N–H and O–H groups in total. The van der Waals surface area contributed by atoms with Gasteiger partial charge in [0.05, 0.1) is 6.54 Å². The lowest BCUT2D eigenvalue weighted by atomic mass is 10.1. The van der Waals surface area contributed by atoms with Gasteiger partial charge in [0.25, 0.3) is 0 Å². The average Bonchev–Trinajstić information content (AvgIpc) is 3.07. The summed E-state index contributed by atoms with van der Waals surface area (Å²) in [5.74, 6) is 2.67. The Morgan fingerprint density at radius 3 is 2.68 bits per heavy atom. The summed E-state index contributed by atoms with van der Waals surface area (Å²) in [6.07, 6.45) is 2.64. The van der Waals surface area contributed by atoms with E-state index in [4.69, 9.17) is 9.73 Å². The van der Waals surface area contributed by atoms with Crippen LogP contribution in [0.3, 0.4) is 0 Å². The van der Waals surface area contributed by atoms with Crippen LogP contribution < -0.4 is 15.4 Å². The Morgan fingerprint density at radius 2 is 2.00 bits per heavy atom. The number of ether oxygens (including phenoxy) is 1. The van der Waals surface area contributed by atoms with Crippen LogP contribution in [0.25, 0.3) is 0 Å². The van der Waals surface area contributed by atoms with Crippen molar-refractivity contribution in [2.24, 2.45) is 4.99 Å². The van der Waals surface area contributed by atoms with Crippen molar-refractivity contribution in [1.29, 1.82) is 0 Å². The molecule has 154 valence electrons. The van der Waals surface area contributed by atoms with E-state index in [9.17, 15) is 0 Å². The van der Waals surface area contributed by atoms with E-state index >= 15 is 0 Å². The van der Waals surface area contributed by atoms with E-state index in [0.29, 0.717) is 6.54 Å². The maximum absolute atomic E-state index is 6.13. The van der Waals surface area contributed by atoms with Crippen molar-refractivity contribution in [2.75, 3.05) is 13.1 Å². The molecule has 0 radical (unpaired) electrons. The Hall–Kier alpha value is -2.57. The van der Waals surface area contributed by atoms with Crippen molar-refractivity contribution in [3.63, 3.8) is 0 Å². The van der Waals surface area contributed by atoms with Crippen LogP contribution in [0.2, 0.25) is 0 Å². The summed E-state index contributed by atoms with van der Waals surface area (Å²) in [6.45, 7) is 15.3. The summed E-state index contributed by atoms with van der Waals surface area (Å²) in [5.41, 5.74) is 2.01. The highest BCUT2D eigenvalue weighted by molar-refractivity contribution is 5.79. The first-order valence-corrected chi connectivity index (χ1v) is 9.99. The molecule has 0 saturated carbocycles. The number of aliphatic imine (C=N–C) groups is 1. The normalized spacial score (nSPS) is 12.1. The van der Waals surface area contributed by atoms with Gasteiger partial charge in [-0.15, -0.1) is 10.2 Å². The van der Waals surface area contributed by atoms with Gasteiger partial charge in [-0.3, -0.25) is 0 Å². The zero-order chi connectivity index (χ0) is 20.6. The van der Waals surface area contributed by atoms with E-state index in [1.54, 1.807) is 6.33 Å². The number of rotatable bonds is 8. The number of nitrogens with zero attached hydrogens (tertiary/aromatic N) is 4. The van der Waals surface area contributed by atoms with Crippen LogP contribution in [0.4, 0.5) is 0 Å². The van der Waals surface area contributed by atoms with Gasteiger partial charge in [0, 0.05) is 31.6 Å². The Balaban J connectivity index is 2.03. The predicted octanol–water partition coefficient (Wildman–Crippen LogP) is 3.08. The fourth-order valence-electron chi connectivity index (χ4n) is 2.76. The van der Waals surface area contributed by atoms with Crippen molar-refractivity contribution in [2.45, 2.75) is 66.7 Å². The van der Waals surface area contributed by atoms with Crippen molar-refractivity contribution in [1.82, 2.24) is 25.4 Å². The Morgan fingerprint density at radius 1 is 1.21 bits per heavy atom. The second kappa shape index (κ2) is 10.1. The number of hydrogen-bond donors (Lipinski definition) is 2. The summed E-state index contributed by atoms with van der Waals surface area (Å²) in [4.78, 5) is 4.74. The van der Waals surface area contributed by atoms with Gasteiger partial charge in [0.15, 0.2) is 5.96 Å². The second-order valence-electron chi connectivity index (χ2n) is 7.74. The van der Waals surface area contributed by atoms with Crippen LogP contribution in [0, 0.1) is 6.92 Å². The minimum Gasteiger partial charge on any atom is -0.488 e. The minimum absolute atomic E-state index is 0.245. The molecule has 28 heavy (non-hydrogen) atoms. The zero-order valence-electron chi connectivity index (χ0n) is 18.0. The molecular formula is C21H34N6O. The molecule has 0 saturated heterocycles. The first-order chi connectivity index (χ1) is 13.3. The van der Waals surface area contributed by atoms with E-state index in [2.05, 4.69) is 85.1 Å². The van der Waals surface area contributed by atoms with E-state index < -0.39 is 0 Å². The van der Waals surface area contributed by atoms with Crippen molar-refractivity contribution >= 4 is 5.96 Å². The van der Waals surface area contributed by atoms with E-state index in [0.717, 1.165) is 49.2 Å². The van der Waals surface area contributed by atoms with Crippen molar-refractivity contribution < 1.29 is 4.74 Å². The Labute approximate surface area is 168 Å². The predicted molar refractivity (Wildman–Crippen MR) is 114 cm³/mol. The van der Waals surface area contributed by atoms with Crippen LogP contribution in [0.5, 0.6) is 5.75 Å². The molecule has 1 heterocycles. The molecule has 0 aliphatic carbocycles. The molecule has 0 bridgehead atoms. The smallest absolute Gasteiger partial charge is 0.191 e. The maximum Gasteiger partial charge on any atom is 0.191 e. The number of aromatic nitrogens is 3. The highest BCUT2D eigenvalue weighted by Gasteiger charge is 2.15. The summed E-state index contributed by atoms with van der Waals surface area (Å²) < 4.78 is 8.20. The van der Waals surface area contributed by atoms with E-state index in [1.165, 1.54) is 5.56 Å². The molecule has 2 aromatic rings. The van der Waals surface area contributed by atoms with E-state index in [1.807, 2.05) is 0 Å². The maximum atomic E-state index is 6.13. The lowest BCUT2D eigenvalue weighted by Crippen LogP contribution is -2.39. The lowest BCUT2D eigenvalue weighted by molar-refractivity contribution is 0.129. The Bertz CT molecular complexity index is 775. The molecule has 7 heteroatoms. The molecule has 7 nitrogen and oxygen atoms in total. The fraction of sp³-hybridized carbons (Fsp3) is 0.571. The number of aryl methyl sites for hydroxylation is 2. The minimum atomic E-state index is -0.245. The standard InChI is InChI=1S/C21H34N6O/c1-7-19-26-25-15-27(19)12-11-23-20(22-8-2)24-14-17-10-9-16(3)13-18(17)28-21(4,5)6/h9-10,13,15H,7-8,11-12,14H2,1-6H3,(H2,22,23,24). The molecular weight excluding hydrogens is 352 g/mol. The molecule has 0 amide bonds. The van der Waals surface area contributed by atoms with Gasteiger partial charge in [0.2, 0.25) is 0 Å². The molecule has 0 fully saturated rings. The first kappa shape index (κ1) is 21.7. The topological polar surface area (TPSA) is 76.4 Å². The van der Waals surface area contributed by atoms with Gasteiger partial charge in [-0.2, -0.15) is 0 Å². The van der Waals surface area contributed by atoms with E-state index in [-0.39, 0.29) is 5.60 Å². The van der Waals surface area contributed by atoms with Gasteiger partial charge in [-0.25, -0.2) is 4.99 Å². The van der Waals surface area contributed by atoms with Crippen LogP contribution in [-0.4, -0.2) is 39.4 Å². The molecule has 0 spiro atoms. The van der Waals surface area contributed by atoms with Gasteiger partial charge in [-0.05, 0) is 46.2 Å². The molecule has 0 unspecified atom stereocenters. The number of hydrogen-bond acceptors (Lipinski definition) is 4. The van der Waals surface area contributed by atoms with Gasteiger partial charge < -0.3 is 19.9 Å². The third-order valence-electron chi connectivity index (χ3n) is 4.05. The fourth-order valence-corrected chi connectivity index (χ4v) is 2.76. The number of benzene rings is 1. The summed E-state index contributed by atoms with van der Waals surface area (Å²) in [7, 11) is 0. The monoisotopic (exact) mass is 386 g/mol. The lowest BCUT2D eigenvalue weighted by Gasteiger charge is -2.23. The van der Waals surface area contributed by atoms with Gasteiger partial charge >= 0.3 is 0 Å². The van der Waals surface area contributed by atoms with Gasteiger partial charge in [-0.1, -0.05) is 19.1 Å². The highest BCUT2D eigenvalue weighted by atomic mass is 16.5. The zero-order valence-corrected chi connectivity index (χ0v) is 18.0. The van der Waals surface area contributed by atoms with Crippen LogP contribution >= 0.6 is 0 Å². The second-order valence-corrected chi connectivity index (χ2v) is 7.74. The quantitative estimate of drug-likeness (QED) is 0.539. The molecule has 1 aromatic carbocycles. The molecule has 1 aromatic heterocycles.